The van der Waals surface area contributed by atoms with Crippen LogP contribution in [0.3, 0.4) is 0 Å². The van der Waals surface area contributed by atoms with Gasteiger partial charge in [0, 0.05) is 10.6 Å². The van der Waals surface area contributed by atoms with Crippen LogP contribution in [0.1, 0.15) is 5.56 Å². The number of amidine groups is 1. The van der Waals surface area contributed by atoms with Gasteiger partial charge in [0.15, 0.2) is 5.84 Å². The molecule has 0 spiro atoms. The minimum Gasteiger partial charge on any atom is -0.409 e. The molecule has 0 radical (unpaired) electrons. The number of nitrogens with two attached hydrogens (primary N) is 1. The number of sulfonamides is 1. The van der Waals surface area contributed by atoms with Gasteiger partial charge in [-0.15, -0.1) is 0 Å². The predicted molar refractivity (Wildman–Crippen MR) is 81.2 cm³/mol. The van der Waals surface area contributed by atoms with Crippen LogP contribution < -0.4 is 10.5 Å². The Labute approximate surface area is 126 Å². The highest BCUT2D eigenvalue weighted by atomic mass is 35.5. The normalized spacial score (nSPS) is 12.1. The molecule has 0 atom stereocenters. The quantitative estimate of drug-likeness (QED) is 0.347. The second-order valence-electron chi connectivity index (χ2n) is 4.09. The van der Waals surface area contributed by atoms with Crippen molar-refractivity contribution in [3.05, 3.63) is 59.1 Å². The molecular weight excluding hydrogens is 314 g/mol. The van der Waals surface area contributed by atoms with Crippen LogP contribution in [-0.4, -0.2) is 19.5 Å². The van der Waals surface area contributed by atoms with Gasteiger partial charge >= 0.3 is 0 Å². The average Bonchev–Trinajstić information content (AvgIpc) is 2.47. The summed E-state index contributed by atoms with van der Waals surface area (Å²) in [6.07, 6.45) is 0. The molecule has 0 saturated carbocycles. The summed E-state index contributed by atoms with van der Waals surface area (Å²) >= 11 is 5.86. The molecule has 0 aliphatic carbocycles. The summed E-state index contributed by atoms with van der Waals surface area (Å²) in [6.45, 7) is 0. The Hall–Kier alpha value is -2.25. The van der Waals surface area contributed by atoms with E-state index < -0.39 is 10.0 Å². The lowest BCUT2D eigenvalue weighted by atomic mass is 10.1. The maximum Gasteiger partial charge on any atom is 0.261 e. The topological polar surface area (TPSA) is 105 Å². The molecule has 2 aromatic rings. The number of anilines is 1. The number of halogens is 1. The van der Waals surface area contributed by atoms with Gasteiger partial charge in [0.1, 0.15) is 0 Å². The largest absolute Gasteiger partial charge is 0.409 e. The summed E-state index contributed by atoms with van der Waals surface area (Å²) in [5.41, 5.74) is 5.87. The van der Waals surface area contributed by atoms with E-state index in [9.17, 15) is 8.42 Å². The fraction of sp³-hybridized carbons (Fsp3) is 0. The smallest absolute Gasteiger partial charge is 0.261 e. The van der Waals surface area contributed by atoms with Crippen LogP contribution >= 0.6 is 11.6 Å². The molecule has 6 nitrogen and oxygen atoms in total. The Morgan fingerprint density at radius 3 is 2.48 bits per heavy atom. The van der Waals surface area contributed by atoms with Crippen molar-refractivity contribution >= 4 is 33.1 Å². The van der Waals surface area contributed by atoms with Gasteiger partial charge in [0.05, 0.1) is 10.6 Å². The van der Waals surface area contributed by atoms with Gasteiger partial charge in [-0.3, -0.25) is 4.72 Å². The second-order valence-corrected chi connectivity index (χ2v) is 6.21. The molecule has 2 rings (SSSR count). The van der Waals surface area contributed by atoms with Crippen LogP contribution in [0.2, 0.25) is 5.02 Å². The highest BCUT2D eigenvalue weighted by molar-refractivity contribution is 7.92. The molecule has 0 bridgehead atoms. The molecule has 0 heterocycles. The van der Waals surface area contributed by atoms with Crippen molar-refractivity contribution in [2.45, 2.75) is 4.90 Å². The highest BCUT2D eigenvalue weighted by Gasteiger charge is 2.17. The van der Waals surface area contributed by atoms with E-state index in [2.05, 4.69) is 9.88 Å². The first-order chi connectivity index (χ1) is 9.94. The minimum absolute atomic E-state index is 0.0930. The van der Waals surface area contributed by atoms with E-state index in [4.69, 9.17) is 22.5 Å². The summed E-state index contributed by atoms with van der Waals surface area (Å²) in [7, 11) is -3.80. The van der Waals surface area contributed by atoms with Crippen molar-refractivity contribution in [3.63, 3.8) is 0 Å². The summed E-state index contributed by atoms with van der Waals surface area (Å²) in [4.78, 5) is 0.0930. The second kappa shape index (κ2) is 6.02. The predicted octanol–water partition coefficient (Wildman–Crippen LogP) is 2.24. The van der Waals surface area contributed by atoms with Crippen LogP contribution in [0.25, 0.3) is 0 Å². The van der Waals surface area contributed by atoms with Gasteiger partial charge in [-0.2, -0.15) is 0 Å². The van der Waals surface area contributed by atoms with Crippen molar-refractivity contribution in [1.29, 1.82) is 0 Å². The van der Waals surface area contributed by atoms with Gasteiger partial charge in [0.2, 0.25) is 0 Å². The Bertz CT molecular complexity index is 777. The van der Waals surface area contributed by atoms with E-state index >= 15 is 0 Å². The van der Waals surface area contributed by atoms with E-state index in [0.29, 0.717) is 5.02 Å². The molecule has 0 saturated heterocycles. The molecule has 0 fully saturated rings. The maximum atomic E-state index is 12.3. The van der Waals surface area contributed by atoms with Crippen molar-refractivity contribution in [1.82, 2.24) is 0 Å². The third-order valence-corrected chi connectivity index (χ3v) is 4.28. The third kappa shape index (κ3) is 3.45. The SMILES string of the molecule is NC(=NO)c1ccc(Cl)cc1NS(=O)(=O)c1ccccc1. The van der Waals surface area contributed by atoms with E-state index in [-0.39, 0.29) is 22.0 Å². The van der Waals surface area contributed by atoms with Crippen molar-refractivity contribution in [3.8, 4) is 0 Å². The maximum absolute atomic E-state index is 12.3. The molecule has 0 unspecified atom stereocenters. The molecule has 110 valence electrons. The fourth-order valence-electron chi connectivity index (χ4n) is 1.68. The van der Waals surface area contributed by atoms with Gasteiger partial charge in [-0.1, -0.05) is 35.0 Å². The number of hydrogen-bond acceptors (Lipinski definition) is 4. The Morgan fingerprint density at radius 2 is 1.86 bits per heavy atom. The van der Waals surface area contributed by atoms with Crippen LogP contribution in [0, 0.1) is 0 Å². The van der Waals surface area contributed by atoms with E-state index in [1.54, 1.807) is 18.2 Å². The van der Waals surface area contributed by atoms with Crippen LogP contribution in [0.15, 0.2) is 58.6 Å². The Kier molecular flexibility index (Phi) is 4.35. The number of oxime groups is 1. The number of nitrogens with one attached hydrogen (secondary N) is 1. The van der Waals surface area contributed by atoms with Crippen LogP contribution in [0.5, 0.6) is 0 Å². The van der Waals surface area contributed by atoms with E-state index in [1.807, 2.05) is 0 Å². The number of hydrogen-bond donors (Lipinski definition) is 3. The summed E-state index contributed by atoms with van der Waals surface area (Å²) < 4.78 is 26.9. The summed E-state index contributed by atoms with van der Waals surface area (Å²) in [5, 5.41) is 11.9. The molecule has 0 aliphatic rings. The van der Waals surface area contributed by atoms with Gasteiger partial charge < -0.3 is 10.9 Å². The number of rotatable bonds is 4. The highest BCUT2D eigenvalue weighted by Crippen LogP contribution is 2.24. The summed E-state index contributed by atoms with van der Waals surface area (Å²) in [6, 6.07) is 12.2. The average molecular weight is 326 g/mol. The Morgan fingerprint density at radius 1 is 1.19 bits per heavy atom. The van der Waals surface area contributed by atoms with Gasteiger partial charge in [-0.25, -0.2) is 8.42 Å². The number of benzene rings is 2. The van der Waals surface area contributed by atoms with Gasteiger partial charge in [0.25, 0.3) is 10.0 Å². The molecule has 8 heteroatoms. The zero-order valence-electron chi connectivity index (χ0n) is 10.7. The molecule has 21 heavy (non-hydrogen) atoms. The number of nitrogens with zero attached hydrogens (tertiary/aromatic N) is 1. The first-order valence-electron chi connectivity index (χ1n) is 5.79. The molecule has 0 amide bonds. The van der Waals surface area contributed by atoms with E-state index in [1.165, 1.54) is 30.3 Å². The van der Waals surface area contributed by atoms with Gasteiger partial charge in [-0.05, 0) is 30.3 Å². The first kappa shape index (κ1) is 15.1. The molecule has 0 aliphatic heterocycles. The molecule has 2 aromatic carbocycles. The first-order valence-corrected chi connectivity index (χ1v) is 7.65. The lowest BCUT2D eigenvalue weighted by Crippen LogP contribution is -2.19. The fourth-order valence-corrected chi connectivity index (χ4v) is 2.95. The van der Waals surface area contributed by atoms with Crippen molar-refractivity contribution in [2.75, 3.05) is 4.72 Å². The lowest BCUT2D eigenvalue weighted by Gasteiger charge is -2.12. The standard InChI is InChI=1S/C13H12ClN3O3S/c14-9-6-7-11(13(15)16-18)12(8-9)17-21(19,20)10-4-2-1-3-5-10/h1-8,17-18H,(H2,15,16). The zero-order valence-corrected chi connectivity index (χ0v) is 12.3. The Balaban J connectivity index is 2.46. The van der Waals surface area contributed by atoms with Crippen molar-refractivity contribution < 1.29 is 13.6 Å². The van der Waals surface area contributed by atoms with Crippen molar-refractivity contribution in [2.24, 2.45) is 10.9 Å². The monoisotopic (exact) mass is 325 g/mol. The molecular formula is C13H12ClN3O3S. The lowest BCUT2D eigenvalue weighted by molar-refractivity contribution is 0.318. The minimum atomic E-state index is -3.80. The summed E-state index contributed by atoms with van der Waals surface area (Å²) in [5.74, 6) is -0.225. The van der Waals surface area contributed by atoms with Crippen LogP contribution in [-0.2, 0) is 10.0 Å². The third-order valence-electron chi connectivity index (χ3n) is 2.66. The zero-order chi connectivity index (χ0) is 15.5. The molecule has 0 aromatic heterocycles. The van der Waals surface area contributed by atoms with E-state index in [0.717, 1.165) is 0 Å². The molecule has 4 N–H and O–H groups in total. The van der Waals surface area contributed by atoms with Crippen LogP contribution in [0.4, 0.5) is 5.69 Å².